The molecule has 2 aromatic heterocycles. The van der Waals surface area contributed by atoms with Crippen LogP contribution in [0.5, 0.6) is 0 Å². The van der Waals surface area contributed by atoms with E-state index in [2.05, 4.69) is 20.2 Å². The molecule has 8 nitrogen and oxygen atoms in total. The third-order valence-corrected chi connectivity index (χ3v) is 4.18. The highest BCUT2D eigenvalue weighted by Gasteiger charge is 2.26. The number of nitrogens with zero attached hydrogens (tertiary/aromatic N) is 1. The van der Waals surface area contributed by atoms with Crippen molar-refractivity contribution in [1.29, 1.82) is 0 Å². The van der Waals surface area contributed by atoms with Gasteiger partial charge in [0.2, 0.25) is 0 Å². The van der Waals surface area contributed by atoms with Crippen LogP contribution in [0.4, 0.5) is 10.1 Å². The number of aryl methyl sites for hydroxylation is 1. The monoisotopic (exact) mass is 405 g/mol. The Morgan fingerprint density at radius 1 is 1.36 bits per heavy atom. The minimum Gasteiger partial charge on any atom is -0.465 e. The standard InChI is InChI=1S/C18H13ClFN3O5/c1-8-13(15(23-28-8)14-10(19)4-3-5-11(14)20)17(25)22-12-6-9(18(26)27-2)7-21-16(12)24/h3-7H,1-2H3,(H,21,24)(H,22,25). The van der Waals surface area contributed by atoms with E-state index in [9.17, 15) is 18.8 Å². The fourth-order valence-corrected chi connectivity index (χ4v) is 2.78. The highest BCUT2D eigenvalue weighted by Crippen LogP contribution is 2.33. The SMILES string of the molecule is COC(=O)c1c[nH]c(=O)c(NC(=O)c2c(-c3c(F)cccc3Cl)noc2C)c1. The Labute approximate surface area is 162 Å². The van der Waals surface area contributed by atoms with Gasteiger partial charge in [-0.15, -0.1) is 0 Å². The first-order chi connectivity index (χ1) is 13.3. The average molecular weight is 406 g/mol. The molecule has 0 fully saturated rings. The van der Waals surface area contributed by atoms with Crippen molar-refractivity contribution in [2.45, 2.75) is 6.92 Å². The number of esters is 1. The molecule has 0 unspecified atom stereocenters. The van der Waals surface area contributed by atoms with Crippen molar-refractivity contribution in [2.24, 2.45) is 0 Å². The molecule has 1 aromatic carbocycles. The number of amides is 1. The summed E-state index contributed by atoms with van der Waals surface area (Å²) in [5, 5.41) is 6.13. The first-order valence-electron chi connectivity index (χ1n) is 7.86. The van der Waals surface area contributed by atoms with Crippen LogP contribution in [0.15, 0.2) is 39.8 Å². The first kappa shape index (κ1) is 19.3. The normalized spacial score (nSPS) is 10.6. The van der Waals surface area contributed by atoms with Crippen molar-refractivity contribution in [2.75, 3.05) is 12.4 Å². The van der Waals surface area contributed by atoms with Gasteiger partial charge in [0.05, 0.1) is 23.3 Å². The van der Waals surface area contributed by atoms with Gasteiger partial charge in [0.25, 0.3) is 11.5 Å². The van der Waals surface area contributed by atoms with Gasteiger partial charge in [-0.1, -0.05) is 22.8 Å². The molecule has 10 heteroatoms. The number of hydrogen-bond donors (Lipinski definition) is 2. The number of rotatable bonds is 4. The van der Waals surface area contributed by atoms with Crippen molar-refractivity contribution in [3.63, 3.8) is 0 Å². The van der Waals surface area contributed by atoms with Gasteiger partial charge in [0.15, 0.2) is 0 Å². The predicted octanol–water partition coefficient (Wildman–Crippen LogP) is 3.17. The number of anilines is 1. The number of nitrogens with one attached hydrogen (secondary N) is 2. The molecule has 3 rings (SSSR count). The van der Waals surface area contributed by atoms with Crippen LogP contribution in [0.1, 0.15) is 26.5 Å². The summed E-state index contributed by atoms with van der Waals surface area (Å²) < 4.78 is 23.9. The van der Waals surface area contributed by atoms with Crippen molar-refractivity contribution < 1.29 is 23.2 Å². The summed E-state index contributed by atoms with van der Waals surface area (Å²) in [6.45, 7) is 1.45. The van der Waals surface area contributed by atoms with E-state index >= 15 is 0 Å². The molecule has 1 amide bonds. The van der Waals surface area contributed by atoms with Crippen LogP contribution in [0, 0.1) is 12.7 Å². The first-order valence-corrected chi connectivity index (χ1v) is 8.24. The van der Waals surface area contributed by atoms with Gasteiger partial charge in [-0.25, -0.2) is 9.18 Å². The number of halogens is 2. The number of methoxy groups -OCH3 is 1. The molecule has 0 aliphatic carbocycles. The summed E-state index contributed by atoms with van der Waals surface area (Å²) in [6, 6.07) is 5.17. The van der Waals surface area contributed by atoms with Gasteiger partial charge in [-0.3, -0.25) is 9.59 Å². The maximum Gasteiger partial charge on any atom is 0.339 e. The zero-order valence-electron chi connectivity index (χ0n) is 14.6. The topological polar surface area (TPSA) is 114 Å². The van der Waals surface area contributed by atoms with Crippen LogP contribution in [-0.2, 0) is 4.74 Å². The largest absolute Gasteiger partial charge is 0.465 e. The van der Waals surface area contributed by atoms with E-state index in [1.165, 1.54) is 26.2 Å². The molecule has 0 atom stereocenters. The molecule has 0 spiro atoms. The third-order valence-electron chi connectivity index (χ3n) is 3.86. The lowest BCUT2D eigenvalue weighted by molar-refractivity contribution is 0.0600. The summed E-state index contributed by atoms with van der Waals surface area (Å²) in [7, 11) is 1.18. The minimum atomic E-state index is -0.791. The maximum atomic E-state index is 14.3. The summed E-state index contributed by atoms with van der Waals surface area (Å²) in [4.78, 5) is 38.7. The number of carbonyl (C=O) groups excluding carboxylic acids is 2. The average Bonchev–Trinajstić information content (AvgIpc) is 3.04. The van der Waals surface area contributed by atoms with Crippen molar-refractivity contribution in [1.82, 2.24) is 10.1 Å². The van der Waals surface area contributed by atoms with Crippen LogP contribution in [0.25, 0.3) is 11.3 Å². The lowest BCUT2D eigenvalue weighted by Gasteiger charge is -2.08. The van der Waals surface area contributed by atoms with Gasteiger partial charge in [0, 0.05) is 6.20 Å². The number of hydrogen-bond acceptors (Lipinski definition) is 6. The number of pyridine rings is 1. The van der Waals surface area contributed by atoms with Crippen molar-refractivity contribution in [3.05, 3.63) is 68.5 Å². The van der Waals surface area contributed by atoms with Crippen molar-refractivity contribution in [3.8, 4) is 11.3 Å². The van der Waals surface area contributed by atoms with Crippen LogP contribution in [0.2, 0.25) is 5.02 Å². The Bertz CT molecular complexity index is 1120. The lowest BCUT2D eigenvalue weighted by Crippen LogP contribution is -2.21. The Hall–Kier alpha value is -3.46. The smallest absolute Gasteiger partial charge is 0.339 e. The fourth-order valence-electron chi connectivity index (χ4n) is 2.53. The van der Waals surface area contributed by atoms with Crippen LogP contribution < -0.4 is 10.9 Å². The highest BCUT2D eigenvalue weighted by molar-refractivity contribution is 6.33. The molecule has 28 heavy (non-hydrogen) atoms. The van der Waals surface area contributed by atoms with Gasteiger partial charge in [0.1, 0.15) is 28.5 Å². The van der Waals surface area contributed by atoms with E-state index in [4.69, 9.17) is 16.1 Å². The van der Waals surface area contributed by atoms with E-state index in [-0.39, 0.29) is 38.9 Å². The van der Waals surface area contributed by atoms with E-state index in [0.29, 0.717) is 0 Å². The molecule has 144 valence electrons. The molecular weight excluding hydrogens is 393 g/mol. The molecule has 0 saturated heterocycles. The minimum absolute atomic E-state index is 0.0248. The summed E-state index contributed by atoms with van der Waals surface area (Å²) >= 11 is 6.05. The van der Waals surface area contributed by atoms with Gasteiger partial charge < -0.3 is 19.6 Å². The van der Waals surface area contributed by atoms with E-state index < -0.39 is 23.3 Å². The third kappa shape index (κ3) is 3.52. The second kappa shape index (κ2) is 7.65. The Morgan fingerprint density at radius 3 is 2.79 bits per heavy atom. The quantitative estimate of drug-likeness (QED) is 0.644. The second-order valence-corrected chi connectivity index (χ2v) is 6.04. The number of aromatic amines is 1. The Kier molecular flexibility index (Phi) is 5.27. The highest BCUT2D eigenvalue weighted by atomic mass is 35.5. The van der Waals surface area contributed by atoms with Gasteiger partial charge in [-0.05, 0) is 25.1 Å². The molecule has 0 aliphatic rings. The summed E-state index contributed by atoms with van der Waals surface area (Å²) in [5.41, 5.74) is -1.16. The predicted molar refractivity (Wildman–Crippen MR) is 98.0 cm³/mol. The Morgan fingerprint density at radius 2 is 2.11 bits per heavy atom. The van der Waals surface area contributed by atoms with E-state index in [1.54, 1.807) is 0 Å². The molecule has 2 N–H and O–H groups in total. The second-order valence-electron chi connectivity index (χ2n) is 5.64. The van der Waals surface area contributed by atoms with E-state index in [1.807, 2.05) is 0 Å². The molecule has 0 bridgehead atoms. The Balaban J connectivity index is 2.03. The molecule has 3 aromatic rings. The van der Waals surface area contributed by atoms with E-state index in [0.717, 1.165) is 18.3 Å². The van der Waals surface area contributed by atoms with Crippen LogP contribution in [0.3, 0.4) is 0 Å². The zero-order valence-corrected chi connectivity index (χ0v) is 15.4. The molecule has 2 heterocycles. The zero-order chi connectivity index (χ0) is 20.4. The lowest BCUT2D eigenvalue weighted by atomic mass is 10.0. The number of H-pyrrole nitrogens is 1. The summed E-state index contributed by atoms with van der Waals surface area (Å²) in [5.74, 6) is -2.10. The molecule has 0 radical (unpaired) electrons. The van der Waals surface area contributed by atoms with Crippen molar-refractivity contribution >= 4 is 29.2 Å². The number of carbonyl (C=O) groups is 2. The molecule has 0 aliphatic heterocycles. The van der Waals surface area contributed by atoms with Gasteiger partial charge >= 0.3 is 5.97 Å². The number of ether oxygens (including phenoxy) is 1. The number of benzene rings is 1. The van der Waals surface area contributed by atoms with Crippen LogP contribution in [-0.4, -0.2) is 29.1 Å². The van der Waals surface area contributed by atoms with Crippen LogP contribution >= 0.6 is 11.6 Å². The van der Waals surface area contributed by atoms with Gasteiger partial charge in [-0.2, -0.15) is 0 Å². The number of aromatic nitrogens is 2. The molecular formula is C18H13ClFN3O5. The summed E-state index contributed by atoms with van der Waals surface area (Å²) in [6.07, 6.45) is 1.15. The molecule has 0 saturated carbocycles. The maximum absolute atomic E-state index is 14.3. The fraction of sp³-hybridized carbons (Fsp3) is 0.111.